The number of carbonyl (C=O) groups is 2. The van der Waals surface area contributed by atoms with Crippen LogP contribution in [0.3, 0.4) is 0 Å². The zero-order valence-corrected chi connectivity index (χ0v) is 16.8. The van der Waals surface area contributed by atoms with Gasteiger partial charge < -0.3 is 10.0 Å². The van der Waals surface area contributed by atoms with Crippen LogP contribution in [0, 0.1) is 11.8 Å². The molecule has 0 aromatic carbocycles. The second-order valence-corrected chi connectivity index (χ2v) is 7.97. The van der Waals surface area contributed by atoms with E-state index in [1.807, 2.05) is 28.6 Å². The van der Waals surface area contributed by atoms with Crippen molar-refractivity contribution in [3.63, 3.8) is 0 Å². The number of nitrogens with zero attached hydrogens (tertiary/aromatic N) is 4. The van der Waals surface area contributed by atoms with Crippen LogP contribution in [-0.2, 0) is 11.3 Å². The Hall–Kier alpha value is -2.53. The quantitative estimate of drug-likeness (QED) is 0.787. The lowest BCUT2D eigenvalue weighted by Gasteiger charge is -2.34. The first-order valence-corrected chi connectivity index (χ1v) is 10.3. The number of aliphatic carboxylic acids is 1. The zero-order chi connectivity index (χ0) is 21.7. The molecule has 2 aliphatic rings. The highest BCUT2D eigenvalue weighted by atomic mass is 32.1. The predicted molar refractivity (Wildman–Crippen MR) is 103 cm³/mol. The Kier molecular flexibility index (Phi) is 7.03. The number of hydrogen-bond donors (Lipinski definition) is 1. The molecule has 2 saturated heterocycles. The summed E-state index contributed by atoms with van der Waals surface area (Å²) in [5.41, 5.74) is 3.45. The van der Waals surface area contributed by atoms with Gasteiger partial charge in [0.2, 0.25) is 0 Å². The molecule has 0 radical (unpaired) electrons. The highest BCUT2D eigenvalue weighted by molar-refractivity contribution is 7.07. The Morgan fingerprint density at radius 2 is 1.90 bits per heavy atom. The number of piperidine rings is 1. The van der Waals surface area contributed by atoms with Gasteiger partial charge in [-0.3, -0.25) is 14.7 Å². The molecule has 0 aliphatic carbocycles. The maximum atomic E-state index is 12.5. The van der Waals surface area contributed by atoms with Crippen molar-refractivity contribution in [1.29, 1.82) is 0 Å². The molecule has 162 valence electrons. The summed E-state index contributed by atoms with van der Waals surface area (Å²) >= 11 is 1.48. The van der Waals surface area contributed by atoms with Crippen LogP contribution in [0.2, 0.25) is 0 Å². The molecule has 0 unspecified atom stereocenters. The van der Waals surface area contributed by atoms with Gasteiger partial charge in [-0.2, -0.15) is 13.2 Å². The van der Waals surface area contributed by atoms with Gasteiger partial charge >= 0.3 is 12.1 Å². The van der Waals surface area contributed by atoms with Crippen LogP contribution < -0.4 is 0 Å². The molecule has 11 heteroatoms. The van der Waals surface area contributed by atoms with E-state index < -0.39 is 12.1 Å². The standard InChI is InChI=1S/C17H20N4OS.C2HF3O2/c22-17(16-11-23-12-19-16)21-6-4-13-7-20(8-14(13)9-21)10-15-3-1-2-5-18-15;3-2(4,5)1(6)7/h1-3,5,11-14H,4,6-10H2;(H,6,7)/t13-,14-;/m1./s1. The number of carbonyl (C=O) groups excluding carboxylic acids is 1. The third-order valence-electron chi connectivity index (χ3n) is 5.17. The molecular formula is C19H21F3N4O3S. The molecule has 1 N–H and O–H groups in total. The van der Waals surface area contributed by atoms with E-state index in [-0.39, 0.29) is 5.91 Å². The van der Waals surface area contributed by atoms with E-state index in [2.05, 4.69) is 20.9 Å². The average molecular weight is 442 g/mol. The Morgan fingerprint density at radius 3 is 2.50 bits per heavy atom. The molecule has 30 heavy (non-hydrogen) atoms. The van der Waals surface area contributed by atoms with Gasteiger partial charge in [-0.25, -0.2) is 9.78 Å². The number of likely N-dealkylation sites (tertiary alicyclic amines) is 2. The average Bonchev–Trinajstić information content (AvgIpc) is 3.37. The number of carboxylic acids is 1. The van der Waals surface area contributed by atoms with Gasteiger partial charge in [-0.15, -0.1) is 11.3 Å². The minimum Gasteiger partial charge on any atom is -0.475 e. The molecule has 4 rings (SSSR count). The summed E-state index contributed by atoms with van der Waals surface area (Å²) in [5, 5.41) is 8.97. The van der Waals surface area contributed by atoms with Crippen molar-refractivity contribution in [1.82, 2.24) is 19.8 Å². The Balaban J connectivity index is 0.000000318. The fourth-order valence-electron chi connectivity index (χ4n) is 3.78. The third kappa shape index (κ3) is 5.76. The van der Waals surface area contributed by atoms with Crippen molar-refractivity contribution in [2.24, 2.45) is 11.8 Å². The van der Waals surface area contributed by atoms with Crippen LogP contribution >= 0.6 is 11.3 Å². The van der Waals surface area contributed by atoms with Crippen molar-refractivity contribution in [2.45, 2.75) is 19.1 Å². The van der Waals surface area contributed by atoms with E-state index in [0.29, 0.717) is 17.5 Å². The van der Waals surface area contributed by atoms with E-state index in [0.717, 1.165) is 44.8 Å². The van der Waals surface area contributed by atoms with Crippen molar-refractivity contribution < 1.29 is 27.9 Å². The molecule has 0 saturated carbocycles. The van der Waals surface area contributed by atoms with Crippen LogP contribution in [-0.4, -0.2) is 69.1 Å². The number of carboxylic acid groups (broad SMARTS) is 1. The normalized spacial score (nSPS) is 21.5. The molecule has 0 bridgehead atoms. The first kappa shape index (κ1) is 22.2. The van der Waals surface area contributed by atoms with Gasteiger partial charge in [0.25, 0.3) is 5.91 Å². The largest absolute Gasteiger partial charge is 0.490 e. The number of thiazole rings is 1. The summed E-state index contributed by atoms with van der Waals surface area (Å²) < 4.78 is 31.7. The SMILES string of the molecule is O=C(O)C(F)(F)F.O=C(c1cscn1)N1CC[C@@H]2CN(Cc3ccccn3)C[C@@H]2C1. The fraction of sp³-hybridized carbons (Fsp3) is 0.474. The predicted octanol–water partition coefficient (Wildman–Crippen LogP) is 2.77. The smallest absolute Gasteiger partial charge is 0.475 e. The lowest BCUT2D eigenvalue weighted by molar-refractivity contribution is -0.192. The van der Waals surface area contributed by atoms with Gasteiger partial charge in [-0.05, 0) is 30.4 Å². The van der Waals surface area contributed by atoms with Crippen LogP contribution in [0.4, 0.5) is 13.2 Å². The summed E-state index contributed by atoms with van der Waals surface area (Å²) in [6.45, 7) is 4.81. The van der Waals surface area contributed by atoms with Crippen LogP contribution in [0.25, 0.3) is 0 Å². The minimum absolute atomic E-state index is 0.0906. The Bertz CT molecular complexity index is 848. The van der Waals surface area contributed by atoms with E-state index in [1.54, 1.807) is 5.51 Å². The number of alkyl halides is 3. The van der Waals surface area contributed by atoms with Crippen LogP contribution in [0.1, 0.15) is 22.6 Å². The number of fused-ring (bicyclic) bond motifs is 1. The molecular weight excluding hydrogens is 421 g/mol. The van der Waals surface area contributed by atoms with E-state index >= 15 is 0 Å². The lowest BCUT2D eigenvalue weighted by Crippen LogP contribution is -2.43. The van der Waals surface area contributed by atoms with Crippen molar-refractivity contribution in [3.05, 3.63) is 46.7 Å². The van der Waals surface area contributed by atoms with E-state index in [1.165, 1.54) is 11.3 Å². The first-order valence-electron chi connectivity index (χ1n) is 9.34. The number of aromatic nitrogens is 2. The van der Waals surface area contributed by atoms with Crippen molar-refractivity contribution >= 4 is 23.2 Å². The molecule has 0 spiro atoms. The lowest BCUT2D eigenvalue weighted by atomic mass is 9.88. The summed E-state index contributed by atoms with van der Waals surface area (Å²) in [6, 6.07) is 6.08. The number of amides is 1. The summed E-state index contributed by atoms with van der Waals surface area (Å²) in [5.74, 6) is -1.38. The topological polar surface area (TPSA) is 86.6 Å². The highest BCUT2D eigenvalue weighted by Crippen LogP contribution is 2.32. The molecule has 2 aliphatic heterocycles. The maximum Gasteiger partial charge on any atom is 0.490 e. The van der Waals surface area contributed by atoms with Gasteiger partial charge in [0.1, 0.15) is 5.69 Å². The molecule has 2 fully saturated rings. The van der Waals surface area contributed by atoms with Gasteiger partial charge in [-0.1, -0.05) is 6.07 Å². The molecule has 2 aromatic heterocycles. The summed E-state index contributed by atoms with van der Waals surface area (Å²) in [6.07, 6.45) is -2.13. The summed E-state index contributed by atoms with van der Waals surface area (Å²) in [7, 11) is 0. The van der Waals surface area contributed by atoms with Crippen LogP contribution in [0.15, 0.2) is 35.3 Å². The van der Waals surface area contributed by atoms with Gasteiger partial charge in [0.05, 0.1) is 11.2 Å². The van der Waals surface area contributed by atoms with Gasteiger partial charge in [0, 0.05) is 44.3 Å². The summed E-state index contributed by atoms with van der Waals surface area (Å²) in [4.78, 5) is 34.4. The molecule has 1 amide bonds. The minimum atomic E-state index is -5.08. The number of rotatable bonds is 3. The molecule has 2 atom stereocenters. The second kappa shape index (κ2) is 9.52. The zero-order valence-electron chi connectivity index (χ0n) is 16.0. The Labute approximate surface area is 175 Å². The number of hydrogen-bond acceptors (Lipinski definition) is 6. The maximum absolute atomic E-state index is 12.5. The van der Waals surface area contributed by atoms with Crippen molar-refractivity contribution in [2.75, 3.05) is 26.2 Å². The third-order valence-corrected chi connectivity index (χ3v) is 5.76. The fourth-order valence-corrected chi connectivity index (χ4v) is 4.31. The number of halogens is 3. The first-order chi connectivity index (χ1) is 14.2. The van der Waals surface area contributed by atoms with E-state index in [4.69, 9.17) is 9.90 Å². The highest BCUT2D eigenvalue weighted by Gasteiger charge is 2.39. The molecule has 7 nitrogen and oxygen atoms in total. The van der Waals surface area contributed by atoms with E-state index in [9.17, 15) is 18.0 Å². The number of pyridine rings is 1. The van der Waals surface area contributed by atoms with Crippen LogP contribution in [0.5, 0.6) is 0 Å². The van der Waals surface area contributed by atoms with Crippen molar-refractivity contribution in [3.8, 4) is 0 Å². The second-order valence-electron chi connectivity index (χ2n) is 7.25. The van der Waals surface area contributed by atoms with Gasteiger partial charge in [0.15, 0.2) is 0 Å². The monoisotopic (exact) mass is 442 g/mol. The Morgan fingerprint density at radius 1 is 1.17 bits per heavy atom. The molecule has 4 heterocycles. The molecule has 2 aromatic rings.